The van der Waals surface area contributed by atoms with Crippen molar-refractivity contribution in [2.45, 2.75) is 45.8 Å². The van der Waals surface area contributed by atoms with Gasteiger partial charge in [-0.1, -0.05) is 20.8 Å². The fourth-order valence-corrected chi connectivity index (χ4v) is 1.77. The van der Waals surface area contributed by atoms with E-state index in [1.807, 2.05) is 18.5 Å². The molecule has 1 rings (SSSR count). The van der Waals surface area contributed by atoms with E-state index >= 15 is 0 Å². The van der Waals surface area contributed by atoms with E-state index in [1.54, 1.807) is 13.4 Å². The van der Waals surface area contributed by atoms with Gasteiger partial charge < -0.3 is 9.84 Å². The molecular weight excluding hydrogens is 218 g/mol. The number of hydrogen-bond acceptors (Lipinski definition) is 4. The summed E-state index contributed by atoms with van der Waals surface area (Å²) in [4.78, 5) is 4.22. The molecule has 98 valence electrons. The minimum Gasteiger partial charge on any atom is -0.387 e. The Labute approximate surface area is 103 Å². The van der Waals surface area contributed by atoms with Crippen LogP contribution in [0.15, 0.2) is 6.33 Å². The van der Waals surface area contributed by atoms with Crippen LogP contribution in [0.1, 0.15) is 33.0 Å². The summed E-state index contributed by atoms with van der Waals surface area (Å²) in [6.07, 6.45) is 3.01. The molecule has 0 aliphatic rings. The first-order valence-corrected chi connectivity index (χ1v) is 6.11. The second kappa shape index (κ2) is 6.12. The predicted molar refractivity (Wildman–Crippen MR) is 65.7 cm³/mol. The zero-order valence-electron chi connectivity index (χ0n) is 11.2. The van der Waals surface area contributed by atoms with Crippen LogP contribution in [0, 0.1) is 5.92 Å². The van der Waals surface area contributed by atoms with Gasteiger partial charge in [0.25, 0.3) is 0 Å². The molecule has 0 saturated heterocycles. The third-order valence-electron chi connectivity index (χ3n) is 3.06. The largest absolute Gasteiger partial charge is 0.387 e. The Hall–Kier alpha value is -0.940. The number of aromatic nitrogens is 3. The van der Waals surface area contributed by atoms with Gasteiger partial charge in [0, 0.05) is 20.1 Å². The lowest BCUT2D eigenvalue weighted by Gasteiger charge is -2.31. The number of nitrogens with zero attached hydrogens (tertiary/aromatic N) is 3. The highest BCUT2D eigenvalue weighted by molar-refractivity contribution is 4.96. The quantitative estimate of drug-likeness (QED) is 0.781. The maximum Gasteiger partial charge on any atom is 0.138 e. The van der Waals surface area contributed by atoms with Gasteiger partial charge in [-0.3, -0.25) is 4.68 Å². The predicted octanol–water partition coefficient (Wildman–Crippen LogP) is 1.26. The summed E-state index contributed by atoms with van der Waals surface area (Å²) in [6, 6.07) is 0. The van der Waals surface area contributed by atoms with Gasteiger partial charge in [0.15, 0.2) is 0 Å². The Balaban J connectivity index is 2.82. The Bertz CT molecular complexity index is 338. The third-order valence-corrected chi connectivity index (χ3v) is 3.06. The van der Waals surface area contributed by atoms with Crippen LogP contribution in [0.2, 0.25) is 0 Å². The Morgan fingerprint density at radius 1 is 1.53 bits per heavy atom. The van der Waals surface area contributed by atoms with Gasteiger partial charge in [0.1, 0.15) is 12.2 Å². The van der Waals surface area contributed by atoms with E-state index in [4.69, 9.17) is 4.74 Å². The lowest BCUT2D eigenvalue weighted by Crippen LogP contribution is -2.43. The molecule has 0 bridgehead atoms. The maximum atomic E-state index is 10.5. The summed E-state index contributed by atoms with van der Waals surface area (Å²) in [5, 5.41) is 14.7. The number of ether oxygens (including phenoxy) is 1. The first kappa shape index (κ1) is 14.1. The Morgan fingerprint density at radius 2 is 2.24 bits per heavy atom. The molecule has 0 fully saturated rings. The van der Waals surface area contributed by atoms with Crippen molar-refractivity contribution < 1.29 is 9.84 Å². The topological polar surface area (TPSA) is 60.2 Å². The molecule has 0 spiro atoms. The van der Waals surface area contributed by atoms with E-state index in [2.05, 4.69) is 17.0 Å². The summed E-state index contributed by atoms with van der Waals surface area (Å²) < 4.78 is 6.96. The van der Waals surface area contributed by atoms with Gasteiger partial charge >= 0.3 is 0 Å². The fourth-order valence-electron chi connectivity index (χ4n) is 1.77. The Morgan fingerprint density at radius 3 is 2.76 bits per heavy atom. The van der Waals surface area contributed by atoms with Crippen LogP contribution < -0.4 is 0 Å². The van der Waals surface area contributed by atoms with Gasteiger partial charge in [0.2, 0.25) is 0 Å². The van der Waals surface area contributed by atoms with Gasteiger partial charge in [-0.15, -0.1) is 0 Å². The molecule has 0 saturated carbocycles. The van der Waals surface area contributed by atoms with Crippen molar-refractivity contribution in [2.75, 3.05) is 13.7 Å². The molecule has 1 N–H and O–H groups in total. The summed E-state index contributed by atoms with van der Waals surface area (Å²) >= 11 is 0. The van der Waals surface area contributed by atoms with Crippen molar-refractivity contribution in [3.8, 4) is 0 Å². The number of aryl methyl sites for hydroxylation is 1. The molecule has 17 heavy (non-hydrogen) atoms. The van der Waals surface area contributed by atoms with Crippen molar-refractivity contribution in [2.24, 2.45) is 5.92 Å². The molecule has 0 aliphatic heterocycles. The molecule has 0 aliphatic carbocycles. The molecule has 1 aromatic rings. The average molecular weight is 241 g/mol. The van der Waals surface area contributed by atoms with E-state index in [0.717, 1.165) is 18.8 Å². The summed E-state index contributed by atoms with van der Waals surface area (Å²) in [5.74, 6) is 0.925. The summed E-state index contributed by atoms with van der Waals surface area (Å²) in [5.41, 5.74) is -0.882. The van der Waals surface area contributed by atoms with Crippen molar-refractivity contribution >= 4 is 0 Å². The first-order chi connectivity index (χ1) is 8.03. The molecule has 0 amide bonds. The van der Waals surface area contributed by atoms with Crippen molar-refractivity contribution in [1.82, 2.24) is 14.8 Å². The molecule has 1 aromatic heterocycles. The standard InChI is InChI=1S/C12H23N3O2/c1-5-6-15-11(13-9-14-15)7-12(16,8-17-4)10(2)3/h9-10,16H,5-8H2,1-4H3. The lowest BCUT2D eigenvalue weighted by atomic mass is 9.87. The van der Waals surface area contributed by atoms with Gasteiger partial charge in [-0.05, 0) is 12.3 Å². The highest BCUT2D eigenvalue weighted by Gasteiger charge is 2.33. The number of aliphatic hydroxyl groups is 1. The molecule has 5 nitrogen and oxygen atoms in total. The van der Waals surface area contributed by atoms with E-state index in [0.29, 0.717) is 13.0 Å². The van der Waals surface area contributed by atoms with Gasteiger partial charge in [-0.2, -0.15) is 5.10 Å². The average Bonchev–Trinajstić information content (AvgIpc) is 2.66. The molecule has 1 heterocycles. The van der Waals surface area contributed by atoms with Gasteiger partial charge in [-0.25, -0.2) is 4.98 Å². The third kappa shape index (κ3) is 3.51. The zero-order valence-corrected chi connectivity index (χ0v) is 11.2. The normalized spacial score (nSPS) is 15.2. The second-order valence-corrected chi connectivity index (χ2v) is 4.77. The first-order valence-electron chi connectivity index (χ1n) is 6.11. The van der Waals surface area contributed by atoms with Crippen LogP contribution in [0.3, 0.4) is 0 Å². The lowest BCUT2D eigenvalue weighted by molar-refractivity contribution is -0.0655. The minimum absolute atomic E-state index is 0.106. The highest BCUT2D eigenvalue weighted by atomic mass is 16.5. The minimum atomic E-state index is -0.882. The van der Waals surface area contributed by atoms with Crippen LogP contribution >= 0.6 is 0 Å². The summed E-state index contributed by atoms with van der Waals surface area (Å²) in [6.45, 7) is 7.20. The van der Waals surface area contributed by atoms with Crippen molar-refractivity contribution in [3.63, 3.8) is 0 Å². The van der Waals surface area contributed by atoms with Crippen LogP contribution in [0.5, 0.6) is 0 Å². The SMILES string of the molecule is CCCn1ncnc1CC(O)(COC)C(C)C. The smallest absolute Gasteiger partial charge is 0.138 e. The van der Waals surface area contributed by atoms with E-state index < -0.39 is 5.60 Å². The molecule has 0 radical (unpaired) electrons. The second-order valence-electron chi connectivity index (χ2n) is 4.77. The van der Waals surface area contributed by atoms with Crippen molar-refractivity contribution in [3.05, 3.63) is 12.2 Å². The molecular formula is C12H23N3O2. The fraction of sp³-hybridized carbons (Fsp3) is 0.833. The molecule has 0 aromatic carbocycles. The van der Waals surface area contributed by atoms with E-state index in [-0.39, 0.29) is 5.92 Å². The van der Waals surface area contributed by atoms with Crippen molar-refractivity contribution in [1.29, 1.82) is 0 Å². The summed E-state index contributed by atoms with van der Waals surface area (Å²) in [7, 11) is 1.60. The number of rotatable bonds is 7. The van der Waals surface area contributed by atoms with E-state index in [1.165, 1.54) is 0 Å². The van der Waals surface area contributed by atoms with Crippen LogP contribution in [0.4, 0.5) is 0 Å². The molecule has 5 heteroatoms. The zero-order chi connectivity index (χ0) is 12.9. The van der Waals surface area contributed by atoms with E-state index in [9.17, 15) is 5.11 Å². The highest BCUT2D eigenvalue weighted by Crippen LogP contribution is 2.22. The monoisotopic (exact) mass is 241 g/mol. The molecule has 1 atom stereocenters. The van der Waals surface area contributed by atoms with Crippen LogP contribution in [-0.2, 0) is 17.7 Å². The van der Waals surface area contributed by atoms with Gasteiger partial charge in [0.05, 0.1) is 12.2 Å². The Kier molecular flexibility index (Phi) is 5.08. The van der Waals surface area contributed by atoms with Crippen LogP contribution in [0.25, 0.3) is 0 Å². The number of methoxy groups -OCH3 is 1. The van der Waals surface area contributed by atoms with Crippen LogP contribution in [-0.4, -0.2) is 39.2 Å². The maximum absolute atomic E-state index is 10.5. The number of hydrogen-bond donors (Lipinski definition) is 1. The molecule has 1 unspecified atom stereocenters.